The highest BCUT2D eigenvalue weighted by molar-refractivity contribution is 8.06. The second kappa shape index (κ2) is 15.9. The number of amides is 3. The lowest BCUT2D eigenvalue weighted by molar-refractivity contribution is -0.192. The molecule has 1 saturated heterocycles. The number of carboxylic acid groups (broad SMARTS) is 2. The van der Waals surface area contributed by atoms with Crippen LogP contribution in [0.3, 0.4) is 0 Å². The van der Waals surface area contributed by atoms with Crippen molar-refractivity contribution in [3.63, 3.8) is 0 Å². The number of nitrogens with one attached hydrogen (secondary N) is 1. The molecule has 0 aliphatic carbocycles. The van der Waals surface area contributed by atoms with Gasteiger partial charge in [0, 0.05) is 39.5 Å². The SMILES string of the molecule is NC(=O)[C@@H](N)CSCc1cnccc1SC1=C(C(=O)O)N2C(=O)[C@@H](NC(=O)/C(=N\O)c3nc(N)sc3Cl)[C@H]2SC1.O=C(O)C(F)(F)F. The number of hydrogen-bond acceptors (Lipinski definition) is 15. The summed E-state index contributed by atoms with van der Waals surface area (Å²) < 4.78 is 31.8. The zero-order chi connectivity index (χ0) is 35.2. The molecule has 2 aliphatic heterocycles. The minimum atomic E-state index is -5.08. The molecular weight excluding hydrogens is 737 g/mol. The smallest absolute Gasteiger partial charge is 0.477 e. The van der Waals surface area contributed by atoms with E-state index in [1.165, 1.54) is 35.3 Å². The molecule has 0 radical (unpaired) electrons. The van der Waals surface area contributed by atoms with Crippen LogP contribution in [-0.4, -0.2) is 101 Å². The summed E-state index contributed by atoms with van der Waals surface area (Å²) in [4.78, 5) is 68.5. The first-order valence-corrected chi connectivity index (χ1v) is 16.6. The lowest BCUT2D eigenvalue weighted by atomic mass is 10.0. The molecule has 4 heterocycles. The number of thioether (sulfide) groups is 3. The third-order valence-electron chi connectivity index (χ3n) is 5.82. The topological polar surface area (TPSA) is 278 Å². The molecule has 1 fully saturated rings. The molecular formula is C23H22ClF3N8O8S4. The minimum Gasteiger partial charge on any atom is -0.477 e. The van der Waals surface area contributed by atoms with E-state index in [-0.39, 0.29) is 26.6 Å². The maximum atomic E-state index is 13.1. The summed E-state index contributed by atoms with van der Waals surface area (Å²) >= 11 is 10.7. The maximum absolute atomic E-state index is 13.1. The van der Waals surface area contributed by atoms with Crippen molar-refractivity contribution in [3.8, 4) is 0 Å². The number of halogens is 4. The number of nitrogens with two attached hydrogens (primary N) is 3. The number of anilines is 1. The molecule has 0 unspecified atom stereocenters. The predicted molar refractivity (Wildman–Crippen MR) is 167 cm³/mol. The molecule has 254 valence electrons. The highest BCUT2D eigenvalue weighted by atomic mass is 35.5. The number of nitrogens with zero attached hydrogens (tertiary/aromatic N) is 4. The molecule has 0 aromatic carbocycles. The van der Waals surface area contributed by atoms with E-state index in [1.807, 2.05) is 0 Å². The predicted octanol–water partition coefficient (Wildman–Crippen LogP) is 1.12. The Balaban J connectivity index is 0.000000771. The number of carbonyl (C=O) groups is 5. The van der Waals surface area contributed by atoms with Crippen molar-refractivity contribution in [3.05, 3.63) is 44.7 Å². The number of aromatic nitrogens is 2. The van der Waals surface area contributed by atoms with E-state index in [9.17, 15) is 42.7 Å². The summed E-state index contributed by atoms with van der Waals surface area (Å²) in [5.74, 6) is -5.25. The van der Waals surface area contributed by atoms with Gasteiger partial charge in [0.05, 0.1) is 6.04 Å². The summed E-state index contributed by atoms with van der Waals surface area (Å²) in [7, 11) is 0. The van der Waals surface area contributed by atoms with Gasteiger partial charge in [-0.15, -0.1) is 11.8 Å². The lowest BCUT2D eigenvalue weighted by Gasteiger charge is -2.49. The first kappa shape index (κ1) is 37.7. The number of pyridine rings is 1. The summed E-state index contributed by atoms with van der Waals surface area (Å²) in [5, 5.41) is 31.3. The second-order valence-corrected chi connectivity index (χ2v) is 13.9. The largest absolute Gasteiger partial charge is 0.490 e. The van der Waals surface area contributed by atoms with Crippen LogP contribution >= 0.6 is 58.2 Å². The number of oxime groups is 1. The van der Waals surface area contributed by atoms with Gasteiger partial charge >= 0.3 is 18.1 Å². The number of rotatable bonds is 11. The van der Waals surface area contributed by atoms with E-state index in [0.29, 0.717) is 16.4 Å². The van der Waals surface area contributed by atoms with Gasteiger partial charge in [-0.3, -0.25) is 24.3 Å². The fourth-order valence-corrected chi connectivity index (χ4v) is 8.25. The van der Waals surface area contributed by atoms with Crippen LogP contribution in [0.4, 0.5) is 18.3 Å². The van der Waals surface area contributed by atoms with Gasteiger partial charge < -0.3 is 37.9 Å². The summed E-state index contributed by atoms with van der Waals surface area (Å²) in [6, 6.07) is -0.148. The van der Waals surface area contributed by atoms with Gasteiger partial charge in [-0.1, -0.05) is 39.9 Å². The number of aliphatic carboxylic acids is 2. The Morgan fingerprint density at radius 1 is 1.28 bits per heavy atom. The molecule has 16 nitrogen and oxygen atoms in total. The molecule has 0 spiro atoms. The maximum Gasteiger partial charge on any atom is 0.490 e. The average molecular weight is 759 g/mol. The van der Waals surface area contributed by atoms with Crippen molar-refractivity contribution in [1.82, 2.24) is 20.2 Å². The lowest BCUT2D eigenvalue weighted by Crippen LogP contribution is -2.71. The number of nitrogen functional groups attached to an aromatic ring is 1. The zero-order valence-electron chi connectivity index (χ0n) is 23.1. The van der Waals surface area contributed by atoms with Crippen molar-refractivity contribution < 1.29 is 52.6 Å². The van der Waals surface area contributed by atoms with Crippen LogP contribution in [0.15, 0.2) is 39.1 Å². The molecule has 0 saturated carbocycles. The molecule has 24 heteroatoms. The van der Waals surface area contributed by atoms with Crippen LogP contribution in [0.1, 0.15) is 11.3 Å². The zero-order valence-corrected chi connectivity index (χ0v) is 27.2. The highest BCUT2D eigenvalue weighted by Gasteiger charge is 2.54. The van der Waals surface area contributed by atoms with E-state index in [4.69, 9.17) is 38.7 Å². The van der Waals surface area contributed by atoms with E-state index in [0.717, 1.165) is 26.7 Å². The van der Waals surface area contributed by atoms with Crippen molar-refractivity contribution in [2.45, 2.75) is 34.3 Å². The first-order valence-electron chi connectivity index (χ1n) is 12.4. The fraction of sp³-hybridized carbons (Fsp3) is 0.304. The van der Waals surface area contributed by atoms with E-state index < -0.39 is 59.0 Å². The number of carboxylic acids is 2. The number of β-lactam (4-membered cyclic amide) rings is 1. The normalized spacial score (nSPS) is 18.4. The van der Waals surface area contributed by atoms with Gasteiger partial charge in [-0.05, 0) is 11.6 Å². The quantitative estimate of drug-likeness (QED) is 0.0732. The second-order valence-electron chi connectivity index (χ2n) is 8.97. The van der Waals surface area contributed by atoms with Crippen molar-refractivity contribution in [1.29, 1.82) is 0 Å². The monoisotopic (exact) mass is 758 g/mol. The molecule has 47 heavy (non-hydrogen) atoms. The molecule has 10 N–H and O–H groups in total. The standard InChI is InChI=1S/C21H21ClN8O6S4.C2HF3O2/c22-15-11(28-21(25)40-15)12(29-36)17(32)27-13-18(33)30-14(20(34)35)10(6-38-19(13)30)39-9-1-2-26-3-7(9)4-37-5-8(23)16(24)31;3-2(4,5)1(6)7/h1-3,8,13,19,36H,4-6,23H2,(H2,24,31)(H2,25,28)(H,27,32)(H,34,35);(H,6,7)/b29-12-;/t8-,13+,19+;/m0./s1. The summed E-state index contributed by atoms with van der Waals surface area (Å²) in [5.41, 5.74) is 16.4. The number of fused-ring (bicyclic) bond motifs is 1. The average Bonchev–Trinajstić information content (AvgIpc) is 3.33. The van der Waals surface area contributed by atoms with Crippen molar-refractivity contribution >= 4 is 98.7 Å². The Hall–Kier alpha value is -3.77. The van der Waals surface area contributed by atoms with Gasteiger partial charge in [0.2, 0.25) is 5.91 Å². The first-order chi connectivity index (χ1) is 22.0. The Morgan fingerprint density at radius 2 is 1.94 bits per heavy atom. The number of thiazole rings is 1. The molecule has 0 bridgehead atoms. The number of primary amides is 1. The molecule has 4 rings (SSSR count). The van der Waals surface area contributed by atoms with Crippen LogP contribution in [0.5, 0.6) is 0 Å². The number of alkyl halides is 3. The molecule has 2 aliphatic rings. The van der Waals surface area contributed by atoms with Gasteiger partial charge in [0.1, 0.15) is 27.1 Å². The fourth-order valence-electron chi connectivity index (χ4n) is 3.68. The Bertz CT molecular complexity index is 1640. The highest BCUT2D eigenvalue weighted by Crippen LogP contribution is 2.46. The van der Waals surface area contributed by atoms with Crippen LogP contribution < -0.4 is 22.5 Å². The van der Waals surface area contributed by atoms with Gasteiger partial charge in [-0.25, -0.2) is 14.6 Å². The van der Waals surface area contributed by atoms with E-state index in [2.05, 4.69) is 20.4 Å². The molecule has 2 aromatic rings. The Morgan fingerprint density at radius 3 is 2.47 bits per heavy atom. The molecule has 3 atom stereocenters. The number of carbonyl (C=O) groups excluding carboxylic acids is 3. The van der Waals surface area contributed by atoms with Gasteiger partial charge in [-0.2, -0.15) is 24.9 Å². The Kier molecular flexibility index (Phi) is 12.7. The van der Waals surface area contributed by atoms with Gasteiger partial charge in [0.25, 0.3) is 11.8 Å². The van der Waals surface area contributed by atoms with Crippen molar-refractivity contribution in [2.75, 3.05) is 17.2 Å². The van der Waals surface area contributed by atoms with E-state index >= 15 is 0 Å². The van der Waals surface area contributed by atoms with Crippen LogP contribution in [0.2, 0.25) is 4.34 Å². The summed E-state index contributed by atoms with van der Waals surface area (Å²) in [6.07, 6.45) is -1.89. The Labute approximate surface area is 283 Å². The molecule has 2 aromatic heterocycles. The van der Waals surface area contributed by atoms with Crippen molar-refractivity contribution in [2.24, 2.45) is 16.6 Å². The molecule has 3 amide bonds. The van der Waals surface area contributed by atoms with Gasteiger partial charge in [0.15, 0.2) is 10.8 Å². The third kappa shape index (κ3) is 9.19. The van der Waals surface area contributed by atoms with Crippen LogP contribution in [0.25, 0.3) is 0 Å². The van der Waals surface area contributed by atoms with E-state index in [1.54, 1.807) is 18.5 Å². The van der Waals surface area contributed by atoms with Crippen LogP contribution in [0, 0.1) is 0 Å². The summed E-state index contributed by atoms with van der Waals surface area (Å²) in [6.45, 7) is 0. The van der Waals surface area contributed by atoms with Crippen LogP contribution in [-0.2, 0) is 29.7 Å². The number of hydrogen-bond donors (Lipinski definition) is 7. The third-order valence-corrected chi connectivity index (χ3v) is 10.7. The minimum absolute atomic E-state index is 0.0245.